The number of nitrogens with zero attached hydrogens (tertiary/aromatic N) is 1. The molecular formula is C15H11NO. The van der Waals surface area contributed by atoms with Gasteiger partial charge in [0, 0.05) is 11.5 Å². The van der Waals surface area contributed by atoms with E-state index in [4.69, 9.17) is 0 Å². The smallest absolute Gasteiger partial charge is 0.188 e. The van der Waals surface area contributed by atoms with Crippen molar-refractivity contribution in [3.8, 4) is 11.1 Å². The predicted molar refractivity (Wildman–Crippen MR) is 68.3 cm³/mol. The lowest BCUT2D eigenvalue weighted by Gasteiger charge is -2.03. The summed E-state index contributed by atoms with van der Waals surface area (Å²) in [6.45, 7) is 0. The lowest BCUT2D eigenvalue weighted by atomic mass is 10.0. The Balaban J connectivity index is 2.19. The fraction of sp³-hybridized carbons (Fsp3) is 0. The molecule has 0 saturated heterocycles. The van der Waals surface area contributed by atoms with Gasteiger partial charge in [0.15, 0.2) is 12.4 Å². The highest BCUT2D eigenvalue weighted by Gasteiger charge is 2.01. The molecule has 3 aromatic rings. The first-order chi connectivity index (χ1) is 8.33. The Morgan fingerprint density at radius 3 is 2.41 bits per heavy atom. The fourth-order valence-electron chi connectivity index (χ4n) is 1.98. The molecule has 0 amide bonds. The van der Waals surface area contributed by atoms with Crippen molar-refractivity contribution in [2.45, 2.75) is 0 Å². The minimum Gasteiger partial charge on any atom is -0.619 e. The number of hydrogen-bond acceptors (Lipinski definition) is 1. The van der Waals surface area contributed by atoms with Crippen LogP contribution in [-0.4, -0.2) is 0 Å². The molecule has 0 aliphatic carbocycles. The molecule has 0 spiro atoms. The van der Waals surface area contributed by atoms with E-state index >= 15 is 0 Å². The molecule has 0 saturated carbocycles. The topological polar surface area (TPSA) is 26.9 Å². The Labute approximate surface area is 99.3 Å². The van der Waals surface area contributed by atoms with Crippen molar-refractivity contribution in [1.29, 1.82) is 0 Å². The highest BCUT2D eigenvalue weighted by molar-refractivity contribution is 5.85. The van der Waals surface area contributed by atoms with Gasteiger partial charge in [0.2, 0.25) is 0 Å². The highest BCUT2D eigenvalue weighted by atomic mass is 16.5. The van der Waals surface area contributed by atoms with E-state index in [0.29, 0.717) is 0 Å². The first kappa shape index (κ1) is 9.85. The minimum absolute atomic E-state index is 0.830. The fourth-order valence-corrected chi connectivity index (χ4v) is 1.98. The zero-order valence-corrected chi connectivity index (χ0v) is 9.21. The number of rotatable bonds is 1. The predicted octanol–water partition coefficient (Wildman–Crippen LogP) is 3.14. The Bertz CT molecular complexity index is 662. The van der Waals surface area contributed by atoms with Crippen LogP contribution in [0.2, 0.25) is 0 Å². The van der Waals surface area contributed by atoms with E-state index in [-0.39, 0.29) is 0 Å². The monoisotopic (exact) mass is 221 g/mol. The normalized spacial score (nSPS) is 10.6. The molecule has 0 bridgehead atoms. The molecule has 0 atom stereocenters. The summed E-state index contributed by atoms with van der Waals surface area (Å²) in [7, 11) is 0. The molecule has 0 N–H and O–H groups in total. The zero-order valence-electron chi connectivity index (χ0n) is 9.21. The largest absolute Gasteiger partial charge is 0.619 e. The molecule has 0 aliphatic rings. The third kappa shape index (κ3) is 1.85. The molecule has 1 aromatic heterocycles. The summed E-state index contributed by atoms with van der Waals surface area (Å²) in [6, 6.07) is 18.1. The average molecular weight is 221 g/mol. The van der Waals surface area contributed by atoms with Gasteiger partial charge in [-0.25, -0.2) is 0 Å². The van der Waals surface area contributed by atoms with E-state index in [1.807, 2.05) is 36.4 Å². The molecule has 2 nitrogen and oxygen atoms in total. The van der Waals surface area contributed by atoms with Gasteiger partial charge in [-0.15, -0.1) is 0 Å². The van der Waals surface area contributed by atoms with E-state index in [1.165, 1.54) is 6.20 Å². The van der Waals surface area contributed by atoms with Crippen LogP contribution in [0, 0.1) is 5.21 Å². The van der Waals surface area contributed by atoms with E-state index in [0.717, 1.165) is 26.6 Å². The van der Waals surface area contributed by atoms with E-state index < -0.39 is 0 Å². The van der Waals surface area contributed by atoms with E-state index in [2.05, 4.69) is 18.2 Å². The van der Waals surface area contributed by atoms with Crippen LogP contribution >= 0.6 is 0 Å². The third-order valence-corrected chi connectivity index (χ3v) is 2.86. The van der Waals surface area contributed by atoms with Gasteiger partial charge in [-0.3, -0.25) is 0 Å². The van der Waals surface area contributed by atoms with Crippen molar-refractivity contribution in [2.75, 3.05) is 0 Å². The Hall–Kier alpha value is -2.35. The Morgan fingerprint density at radius 2 is 1.59 bits per heavy atom. The molecule has 0 radical (unpaired) electrons. The highest BCUT2D eigenvalue weighted by Crippen LogP contribution is 2.23. The van der Waals surface area contributed by atoms with Gasteiger partial charge in [-0.1, -0.05) is 42.5 Å². The molecule has 17 heavy (non-hydrogen) atoms. The van der Waals surface area contributed by atoms with Crippen LogP contribution < -0.4 is 4.73 Å². The maximum atomic E-state index is 11.2. The van der Waals surface area contributed by atoms with Gasteiger partial charge in [0.05, 0.1) is 0 Å². The molecular weight excluding hydrogens is 210 g/mol. The molecule has 2 aromatic carbocycles. The summed E-state index contributed by atoms with van der Waals surface area (Å²) in [5.74, 6) is 0. The average Bonchev–Trinajstić information content (AvgIpc) is 2.39. The maximum Gasteiger partial charge on any atom is 0.188 e. The molecule has 3 rings (SSSR count). The van der Waals surface area contributed by atoms with Gasteiger partial charge in [-0.2, -0.15) is 4.73 Å². The van der Waals surface area contributed by atoms with Crippen molar-refractivity contribution in [3.05, 3.63) is 72.2 Å². The van der Waals surface area contributed by atoms with Gasteiger partial charge in [0.25, 0.3) is 0 Å². The van der Waals surface area contributed by atoms with Crippen LogP contribution in [-0.2, 0) is 0 Å². The number of hydrogen-bond donors (Lipinski definition) is 0. The zero-order chi connectivity index (χ0) is 11.7. The van der Waals surface area contributed by atoms with E-state index in [1.54, 1.807) is 6.20 Å². The first-order valence-corrected chi connectivity index (χ1v) is 5.51. The quantitative estimate of drug-likeness (QED) is 0.458. The summed E-state index contributed by atoms with van der Waals surface area (Å²) in [5.41, 5.74) is 2.29. The van der Waals surface area contributed by atoms with Gasteiger partial charge in [-0.05, 0) is 22.6 Å². The number of benzene rings is 2. The lowest BCUT2D eigenvalue weighted by Crippen LogP contribution is -2.23. The molecule has 1 heterocycles. The minimum atomic E-state index is 0.830. The van der Waals surface area contributed by atoms with Crippen LogP contribution in [0.5, 0.6) is 0 Å². The Kier molecular flexibility index (Phi) is 2.26. The third-order valence-electron chi connectivity index (χ3n) is 2.86. The second-order valence-corrected chi connectivity index (χ2v) is 4.01. The first-order valence-electron chi connectivity index (χ1n) is 5.51. The lowest BCUT2D eigenvalue weighted by molar-refractivity contribution is -0.603. The van der Waals surface area contributed by atoms with Crippen LogP contribution in [0.4, 0.5) is 0 Å². The Morgan fingerprint density at radius 1 is 0.765 bits per heavy atom. The van der Waals surface area contributed by atoms with Crippen LogP contribution in [0.15, 0.2) is 67.0 Å². The molecule has 0 aliphatic heterocycles. The van der Waals surface area contributed by atoms with Crippen molar-refractivity contribution >= 4 is 10.8 Å². The molecule has 2 heteroatoms. The number of aromatic nitrogens is 1. The van der Waals surface area contributed by atoms with Crippen molar-refractivity contribution < 1.29 is 4.73 Å². The summed E-state index contributed by atoms with van der Waals surface area (Å²) in [6.07, 6.45) is 3.12. The summed E-state index contributed by atoms with van der Waals surface area (Å²) < 4.78 is 0.830. The van der Waals surface area contributed by atoms with Crippen LogP contribution in [0.3, 0.4) is 0 Å². The standard InChI is InChI=1S/C15H11NO/c17-16-9-8-13-6-7-14(10-15(13)11-16)12-4-2-1-3-5-12/h1-11H. The van der Waals surface area contributed by atoms with Gasteiger partial charge >= 0.3 is 0 Å². The summed E-state index contributed by atoms with van der Waals surface area (Å²) in [5, 5.41) is 13.3. The summed E-state index contributed by atoms with van der Waals surface area (Å²) in [4.78, 5) is 0. The second-order valence-electron chi connectivity index (χ2n) is 4.01. The SMILES string of the molecule is [O-][n+]1ccc2ccc(-c3ccccc3)cc2c1. The van der Waals surface area contributed by atoms with E-state index in [9.17, 15) is 5.21 Å². The molecule has 0 unspecified atom stereocenters. The van der Waals surface area contributed by atoms with Gasteiger partial charge in [0.1, 0.15) is 0 Å². The van der Waals surface area contributed by atoms with Crippen LogP contribution in [0.25, 0.3) is 21.9 Å². The second kappa shape index (κ2) is 3.91. The van der Waals surface area contributed by atoms with Crippen molar-refractivity contribution in [2.24, 2.45) is 0 Å². The van der Waals surface area contributed by atoms with Crippen molar-refractivity contribution in [3.63, 3.8) is 0 Å². The molecule has 82 valence electrons. The maximum absolute atomic E-state index is 11.2. The molecule has 0 fully saturated rings. The van der Waals surface area contributed by atoms with Crippen LogP contribution in [0.1, 0.15) is 0 Å². The number of pyridine rings is 1. The number of fused-ring (bicyclic) bond motifs is 1. The van der Waals surface area contributed by atoms with Crippen molar-refractivity contribution in [1.82, 2.24) is 0 Å². The van der Waals surface area contributed by atoms with Gasteiger partial charge < -0.3 is 5.21 Å². The summed E-state index contributed by atoms with van der Waals surface area (Å²) >= 11 is 0.